The van der Waals surface area contributed by atoms with E-state index in [-0.39, 0.29) is 58.3 Å². The summed E-state index contributed by atoms with van der Waals surface area (Å²) < 4.78 is 55.6. The van der Waals surface area contributed by atoms with Crippen molar-refractivity contribution in [1.82, 2.24) is 0 Å². The molecule has 0 amide bonds. The third-order valence-corrected chi connectivity index (χ3v) is 11.2. The van der Waals surface area contributed by atoms with Crippen LogP contribution in [-0.2, 0) is 36.9 Å². The molecule has 1 aliphatic heterocycles. The Labute approximate surface area is 406 Å². The number of carbonyl (C=O) groups is 4. The predicted octanol–water partition coefficient (Wildman–Crippen LogP) is 9.59. The lowest BCUT2D eigenvalue weighted by Crippen LogP contribution is -2.63. The Morgan fingerprint density at radius 3 is 1.37 bits per heavy atom. The monoisotopic (exact) mass is 952 g/mol. The van der Waals surface area contributed by atoms with Crippen molar-refractivity contribution < 1.29 is 61.5 Å². The molecule has 0 radical (unpaired) electrons. The minimum atomic E-state index is -1.69. The van der Waals surface area contributed by atoms with E-state index in [1.807, 2.05) is 60.7 Å². The van der Waals surface area contributed by atoms with Crippen LogP contribution in [0, 0.1) is 0 Å². The summed E-state index contributed by atoms with van der Waals surface area (Å²) in [4.78, 5) is 69.4. The number of carbonyl (C=O) groups excluding carboxylic acids is 4. The minimum absolute atomic E-state index is 0.0197. The number of ether oxygens (including phenoxy) is 8. The Morgan fingerprint density at radius 1 is 0.451 bits per heavy atom. The number of fused-ring (bicyclic) bond motifs is 1. The molecule has 5 atom stereocenters. The van der Waals surface area contributed by atoms with Crippen molar-refractivity contribution in [3.63, 3.8) is 0 Å². The topological polar surface area (TPSA) is 172 Å². The Hall–Kier alpha value is -9.01. The van der Waals surface area contributed by atoms with Crippen LogP contribution in [0.15, 0.2) is 209 Å². The van der Waals surface area contributed by atoms with Gasteiger partial charge < -0.3 is 42.3 Å². The maximum absolute atomic E-state index is 14.1. The fourth-order valence-electron chi connectivity index (χ4n) is 7.69. The molecular weight excluding hydrogens is 909 g/mol. The van der Waals surface area contributed by atoms with E-state index in [4.69, 9.17) is 42.3 Å². The largest absolute Gasteiger partial charge is 0.484 e. The molecule has 14 nitrogen and oxygen atoms in total. The number of hydrogen-bond donors (Lipinski definition) is 0. The molecule has 0 N–H and O–H groups in total. The van der Waals surface area contributed by atoms with Crippen molar-refractivity contribution in [2.45, 2.75) is 43.9 Å². The zero-order chi connectivity index (χ0) is 48.9. The average molecular weight is 953 g/mol. The van der Waals surface area contributed by atoms with E-state index in [9.17, 15) is 24.0 Å². The SMILES string of the molecule is O=C(OC[C@H]1O[C@@H](Oc2ccc3c(OCc4ccccc4)c(OCc4ccccc4)c(=O)oc3c2)[C@H](OC(=O)c2ccccc2)[C@@H](OC(=O)c2ccccc2)[C@@H]1OC(=O)c1ccccc1)c1ccccc1. The molecule has 1 aliphatic rings. The zero-order valence-corrected chi connectivity index (χ0v) is 37.8. The first-order valence-corrected chi connectivity index (χ1v) is 22.5. The molecule has 1 aromatic heterocycles. The molecule has 9 rings (SSSR count). The van der Waals surface area contributed by atoms with Gasteiger partial charge in [-0.3, -0.25) is 0 Å². The summed E-state index contributed by atoms with van der Waals surface area (Å²) in [5.41, 5.74) is 1.40. The van der Waals surface area contributed by atoms with E-state index in [2.05, 4.69) is 0 Å². The van der Waals surface area contributed by atoms with Gasteiger partial charge >= 0.3 is 29.5 Å². The Morgan fingerprint density at radius 2 is 0.873 bits per heavy atom. The molecule has 1 fully saturated rings. The highest BCUT2D eigenvalue weighted by atomic mass is 16.7. The Balaban J connectivity index is 1.12. The van der Waals surface area contributed by atoms with Gasteiger partial charge in [-0.15, -0.1) is 0 Å². The normalized spacial score (nSPS) is 17.3. The summed E-state index contributed by atoms with van der Waals surface area (Å²) in [6, 6.07) is 55.4. The van der Waals surface area contributed by atoms with Gasteiger partial charge in [-0.1, -0.05) is 133 Å². The first-order chi connectivity index (χ1) is 34.8. The van der Waals surface area contributed by atoms with E-state index < -0.39 is 66.8 Å². The molecule has 0 unspecified atom stereocenters. The minimum Gasteiger partial charge on any atom is -0.484 e. The highest BCUT2D eigenvalue weighted by Crippen LogP contribution is 2.38. The predicted molar refractivity (Wildman–Crippen MR) is 257 cm³/mol. The van der Waals surface area contributed by atoms with Crippen molar-refractivity contribution in [1.29, 1.82) is 0 Å². The van der Waals surface area contributed by atoms with E-state index in [0.29, 0.717) is 5.39 Å². The first-order valence-electron chi connectivity index (χ1n) is 22.5. The fraction of sp³-hybridized carbons (Fsp3) is 0.140. The zero-order valence-electron chi connectivity index (χ0n) is 37.8. The van der Waals surface area contributed by atoms with Crippen molar-refractivity contribution in [2.75, 3.05) is 6.61 Å². The van der Waals surface area contributed by atoms with E-state index >= 15 is 0 Å². The van der Waals surface area contributed by atoms with Gasteiger partial charge in [0.2, 0.25) is 18.1 Å². The van der Waals surface area contributed by atoms with Crippen LogP contribution in [0.3, 0.4) is 0 Å². The second-order valence-corrected chi connectivity index (χ2v) is 16.1. The van der Waals surface area contributed by atoms with Crippen LogP contribution >= 0.6 is 0 Å². The maximum Gasteiger partial charge on any atom is 0.383 e. The third-order valence-electron chi connectivity index (χ3n) is 11.2. The van der Waals surface area contributed by atoms with Crippen LogP contribution in [-0.4, -0.2) is 61.2 Å². The van der Waals surface area contributed by atoms with Crippen LogP contribution < -0.4 is 19.8 Å². The fourth-order valence-corrected chi connectivity index (χ4v) is 7.69. The van der Waals surface area contributed by atoms with Gasteiger partial charge in [-0.05, 0) is 71.8 Å². The number of benzene rings is 7. The number of rotatable bonds is 17. The second-order valence-electron chi connectivity index (χ2n) is 16.1. The summed E-state index contributed by atoms with van der Waals surface area (Å²) in [6.45, 7) is -0.444. The van der Waals surface area contributed by atoms with Crippen LogP contribution in [0.4, 0.5) is 0 Å². The molecule has 7 aromatic carbocycles. The average Bonchev–Trinajstić information content (AvgIpc) is 3.42. The molecule has 356 valence electrons. The summed E-state index contributed by atoms with van der Waals surface area (Å²) >= 11 is 0. The van der Waals surface area contributed by atoms with Crippen LogP contribution in [0.2, 0.25) is 0 Å². The Bertz CT molecular complexity index is 3130. The van der Waals surface area contributed by atoms with Gasteiger partial charge in [0, 0.05) is 6.07 Å². The standard InChI is InChI=1S/C57H44O14/c58-52(39-23-11-3-12-24-39)65-36-46-48(69-53(59)40-25-13-4-14-26-40)49(70-54(60)41-27-15-5-16-28-41)51(71-55(61)42-29-17-6-18-30-42)57(68-46)66-43-31-32-44-45(33-43)67-56(62)50(64-35-38-21-9-2-10-22-38)47(44)63-34-37-19-7-1-8-20-37/h1-33,46,48-49,51,57H,34-36H2/t46-,48-,49+,51-,57-/m1/s1. The van der Waals surface area contributed by atoms with E-state index in [1.54, 1.807) is 91.0 Å². The van der Waals surface area contributed by atoms with E-state index in [0.717, 1.165) is 11.1 Å². The molecule has 1 saturated heterocycles. The summed E-state index contributed by atoms with van der Waals surface area (Å²) in [5, 5.41) is 0.348. The van der Waals surface area contributed by atoms with Gasteiger partial charge in [0.05, 0.1) is 27.6 Å². The highest BCUT2D eigenvalue weighted by molar-refractivity contribution is 5.92. The number of esters is 4. The summed E-state index contributed by atoms with van der Waals surface area (Å²) in [5.74, 6) is -3.36. The van der Waals surface area contributed by atoms with Gasteiger partial charge in [-0.25, -0.2) is 24.0 Å². The lowest BCUT2D eigenvalue weighted by Gasteiger charge is -2.44. The maximum atomic E-state index is 14.1. The highest BCUT2D eigenvalue weighted by Gasteiger charge is 2.54. The third kappa shape index (κ3) is 11.6. The van der Waals surface area contributed by atoms with Crippen molar-refractivity contribution in [3.8, 4) is 17.2 Å². The smallest absolute Gasteiger partial charge is 0.383 e. The van der Waals surface area contributed by atoms with Crippen molar-refractivity contribution >= 4 is 34.8 Å². The Kier molecular flexibility index (Phi) is 14.9. The molecule has 0 bridgehead atoms. The van der Waals surface area contributed by atoms with Gasteiger partial charge in [0.1, 0.15) is 37.3 Å². The molecule has 2 heterocycles. The molecule has 0 saturated carbocycles. The van der Waals surface area contributed by atoms with Crippen molar-refractivity contribution in [3.05, 3.63) is 244 Å². The van der Waals surface area contributed by atoms with Crippen LogP contribution in [0.1, 0.15) is 52.6 Å². The first kappa shape index (κ1) is 47.1. The summed E-state index contributed by atoms with van der Waals surface area (Å²) in [7, 11) is 0. The van der Waals surface area contributed by atoms with Gasteiger partial charge in [0.25, 0.3) is 0 Å². The molecule has 71 heavy (non-hydrogen) atoms. The van der Waals surface area contributed by atoms with Crippen molar-refractivity contribution in [2.24, 2.45) is 0 Å². The summed E-state index contributed by atoms with van der Waals surface area (Å²) in [6.07, 6.45) is -8.08. The van der Waals surface area contributed by atoms with Crippen LogP contribution in [0.25, 0.3) is 11.0 Å². The molecular formula is C57H44O14. The lowest BCUT2D eigenvalue weighted by molar-refractivity contribution is -0.275. The molecule has 14 heteroatoms. The van der Waals surface area contributed by atoms with E-state index in [1.165, 1.54) is 48.5 Å². The van der Waals surface area contributed by atoms with Crippen LogP contribution in [0.5, 0.6) is 17.2 Å². The second kappa shape index (κ2) is 22.4. The van der Waals surface area contributed by atoms with Gasteiger partial charge in [-0.2, -0.15) is 0 Å². The molecule has 0 aliphatic carbocycles. The quantitative estimate of drug-likeness (QED) is 0.0480. The van der Waals surface area contributed by atoms with Gasteiger partial charge in [0.15, 0.2) is 18.0 Å². The molecule has 0 spiro atoms. The molecule has 8 aromatic rings. The lowest BCUT2D eigenvalue weighted by atomic mass is 9.97. The number of hydrogen-bond acceptors (Lipinski definition) is 14.